The first kappa shape index (κ1) is 12.7. The number of benzene rings is 1. The Balaban J connectivity index is 2.38. The Kier molecular flexibility index (Phi) is 3.72. The smallest absolute Gasteiger partial charge is 0.414 e. The molecule has 0 spiro atoms. The van der Waals surface area contributed by atoms with Crippen molar-refractivity contribution in [3.05, 3.63) is 23.8 Å². The van der Waals surface area contributed by atoms with Crippen molar-refractivity contribution in [2.45, 2.75) is 20.0 Å². The van der Waals surface area contributed by atoms with Crippen LogP contribution in [-0.2, 0) is 4.74 Å². The van der Waals surface area contributed by atoms with Gasteiger partial charge in [-0.25, -0.2) is 4.79 Å². The van der Waals surface area contributed by atoms with E-state index in [-0.39, 0.29) is 6.61 Å². The number of hydrogen-bond donors (Lipinski definition) is 1. The molecule has 1 aromatic carbocycles. The molecule has 1 aliphatic rings. The molecule has 0 fully saturated rings. The van der Waals surface area contributed by atoms with Gasteiger partial charge in [-0.1, -0.05) is 12.1 Å². The van der Waals surface area contributed by atoms with Gasteiger partial charge in [0.2, 0.25) is 0 Å². The van der Waals surface area contributed by atoms with Gasteiger partial charge in [-0.15, -0.1) is 0 Å². The number of fused-ring (bicyclic) bond motifs is 1. The van der Waals surface area contributed by atoms with Crippen molar-refractivity contribution < 1.29 is 19.4 Å². The second-order valence-corrected chi connectivity index (χ2v) is 4.15. The summed E-state index contributed by atoms with van der Waals surface area (Å²) in [6.45, 7) is 4.16. The van der Waals surface area contributed by atoms with E-state index in [0.717, 1.165) is 11.3 Å². The van der Waals surface area contributed by atoms with Crippen LogP contribution in [0.1, 0.15) is 12.5 Å². The molecule has 1 unspecified atom stereocenters. The van der Waals surface area contributed by atoms with Crippen molar-refractivity contribution in [2.75, 3.05) is 24.7 Å². The van der Waals surface area contributed by atoms with Crippen LogP contribution in [0.5, 0.6) is 5.75 Å². The molecule has 0 saturated carbocycles. The van der Waals surface area contributed by atoms with Gasteiger partial charge in [0.15, 0.2) is 0 Å². The second kappa shape index (κ2) is 5.27. The third-order valence-electron chi connectivity index (χ3n) is 2.84. The van der Waals surface area contributed by atoms with Crippen LogP contribution in [0.2, 0.25) is 0 Å². The molecule has 1 aliphatic heterocycles. The predicted molar refractivity (Wildman–Crippen MR) is 67.0 cm³/mol. The van der Waals surface area contributed by atoms with E-state index < -0.39 is 12.2 Å². The maximum absolute atomic E-state index is 11.9. The van der Waals surface area contributed by atoms with Gasteiger partial charge in [0.25, 0.3) is 0 Å². The molecule has 1 amide bonds. The van der Waals surface area contributed by atoms with Crippen molar-refractivity contribution >= 4 is 11.8 Å². The van der Waals surface area contributed by atoms with E-state index in [2.05, 4.69) is 0 Å². The fourth-order valence-electron chi connectivity index (χ4n) is 2.05. The summed E-state index contributed by atoms with van der Waals surface area (Å²) in [4.78, 5) is 13.5. The van der Waals surface area contributed by atoms with Gasteiger partial charge in [-0.2, -0.15) is 0 Å². The fourth-order valence-corrected chi connectivity index (χ4v) is 2.05. The van der Waals surface area contributed by atoms with Gasteiger partial charge in [-0.3, -0.25) is 4.90 Å². The lowest BCUT2D eigenvalue weighted by atomic mass is 10.1. The second-order valence-electron chi connectivity index (χ2n) is 4.15. The van der Waals surface area contributed by atoms with Crippen molar-refractivity contribution in [3.63, 3.8) is 0 Å². The minimum atomic E-state index is -0.413. The van der Waals surface area contributed by atoms with Crippen LogP contribution in [0.4, 0.5) is 10.5 Å². The average molecular weight is 251 g/mol. The number of hydrogen-bond acceptors (Lipinski definition) is 4. The third-order valence-corrected chi connectivity index (χ3v) is 2.84. The first-order valence-electron chi connectivity index (χ1n) is 5.98. The monoisotopic (exact) mass is 251 g/mol. The Bertz CT molecular complexity index is 447. The highest BCUT2D eigenvalue weighted by Crippen LogP contribution is 2.36. The zero-order valence-corrected chi connectivity index (χ0v) is 10.5. The van der Waals surface area contributed by atoms with Crippen molar-refractivity contribution in [3.8, 4) is 5.75 Å². The third kappa shape index (κ3) is 2.26. The van der Waals surface area contributed by atoms with E-state index in [1.165, 1.54) is 4.90 Å². The summed E-state index contributed by atoms with van der Waals surface area (Å²) in [5, 5.41) is 9.21. The number of carbonyl (C=O) groups excluding carboxylic acids is 1. The molecule has 2 rings (SSSR count). The lowest BCUT2D eigenvalue weighted by molar-refractivity contribution is 0.105. The highest BCUT2D eigenvalue weighted by molar-refractivity contribution is 5.91. The van der Waals surface area contributed by atoms with Crippen LogP contribution in [0.3, 0.4) is 0 Å². The number of amides is 1. The number of anilines is 1. The average Bonchev–Trinajstić information content (AvgIpc) is 2.38. The zero-order chi connectivity index (χ0) is 13.1. The quantitative estimate of drug-likeness (QED) is 0.869. The molecule has 1 heterocycles. The standard InChI is InChI=1S/C13H17NO4/c1-3-17-13(16)14-7-10(8-15)18-11-6-4-5-9(2)12(11)14/h4-6,10,15H,3,7-8H2,1-2H3. The molecule has 18 heavy (non-hydrogen) atoms. The first-order chi connectivity index (χ1) is 8.67. The lowest BCUT2D eigenvalue weighted by Gasteiger charge is -2.34. The molecule has 0 aromatic heterocycles. The summed E-state index contributed by atoms with van der Waals surface area (Å²) < 4.78 is 10.7. The molecular weight excluding hydrogens is 234 g/mol. The van der Waals surface area contributed by atoms with Crippen LogP contribution < -0.4 is 9.64 Å². The van der Waals surface area contributed by atoms with Gasteiger partial charge >= 0.3 is 6.09 Å². The van der Waals surface area contributed by atoms with E-state index in [1.807, 2.05) is 19.1 Å². The van der Waals surface area contributed by atoms with Crippen molar-refractivity contribution in [1.29, 1.82) is 0 Å². The number of aliphatic hydroxyl groups excluding tert-OH is 1. The number of aryl methyl sites for hydroxylation is 1. The van der Waals surface area contributed by atoms with Crippen LogP contribution in [0.15, 0.2) is 18.2 Å². The Labute approximate surface area is 106 Å². The maximum Gasteiger partial charge on any atom is 0.414 e. The Hall–Kier alpha value is -1.75. The summed E-state index contributed by atoms with van der Waals surface area (Å²) in [6.07, 6.45) is -0.821. The SMILES string of the molecule is CCOC(=O)N1CC(CO)Oc2cccc(C)c21. The number of ether oxygens (including phenoxy) is 2. The molecule has 0 bridgehead atoms. The van der Waals surface area contributed by atoms with Crippen molar-refractivity contribution in [1.82, 2.24) is 0 Å². The van der Waals surface area contributed by atoms with Crippen LogP contribution >= 0.6 is 0 Å². The predicted octanol–water partition coefficient (Wildman–Crippen LogP) is 1.71. The Morgan fingerprint density at radius 1 is 1.61 bits per heavy atom. The molecule has 5 nitrogen and oxygen atoms in total. The maximum atomic E-state index is 11.9. The minimum absolute atomic E-state index is 0.136. The van der Waals surface area contributed by atoms with E-state index in [1.54, 1.807) is 13.0 Å². The molecule has 0 radical (unpaired) electrons. The molecule has 1 aromatic rings. The lowest BCUT2D eigenvalue weighted by Crippen LogP contribution is -2.45. The minimum Gasteiger partial charge on any atom is -0.484 e. The van der Waals surface area contributed by atoms with E-state index in [4.69, 9.17) is 9.47 Å². The number of aliphatic hydroxyl groups is 1. The van der Waals surface area contributed by atoms with Gasteiger partial charge in [0.1, 0.15) is 11.9 Å². The van der Waals surface area contributed by atoms with Gasteiger partial charge < -0.3 is 14.6 Å². The number of carbonyl (C=O) groups is 1. The Morgan fingerprint density at radius 3 is 3.06 bits per heavy atom. The number of rotatable bonds is 2. The van der Waals surface area contributed by atoms with E-state index >= 15 is 0 Å². The number of nitrogens with zero attached hydrogens (tertiary/aromatic N) is 1. The van der Waals surface area contributed by atoms with Gasteiger partial charge in [0, 0.05) is 0 Å². The van der Waals surface area contributed by atoms with Crippen LogP contribution in [0.25, 0.3) is 0 Å². The van der Waals surface area contributed by atoms with Crippen molar-refractivity contribution in [2.24, 2.45) is 0 Å². The topological polar surface area (TPSA) is 59.0 Å². The zero-order valence-electron chi connectivity index (χ0n) is 10.5. The summed E-state index contributed by atoms with van der Waals surface area (Å²) in [5.41, 5.74) is 1.66. The molecule has 0 aliphatic carbocycles. The first-order valence-corrected chi connectivity index (χ1v) is 5.98. The fraction of sp³-hybridized carbons (Fsp3) is 0.462. The molecule has 98 valence electrons. The molecular formula is C13H17NO4. The number of para-hydroxylation sites is 1. The van der Waals surface area contributed by atoms with Crippen LogP contribution in [-0.4, -0.2) is 37.1 Å². The highest BCUT2D eigenvalue weighted by Gasteiger charge is 2.31. The van der Waals surface area contributed by atoms with E-state index in [9.17, 15) is 9.90 Å². The summed E-state index contributed by atoms with van der Waals surface area (Å²) in [5.74, 6) is 0.605. The molecule has 1 N–H and O–H groups in total. The van der Waals surface area contributed by atoms with Gasteiger partial charge in [-0.05, 0) is 25.5 Å². The van der Waals surface area contributed by atoms with E-state index in [0.29, 0.717) is 18.9 Å². The highest BCUT2D eigenvalue weighted by atomic mass is 16.6. The normalized spacial score (nSPS) is 17.9. The largest absolute Gasteiger partial charge is 0.484 e. The summed E-state index contributed by atoms with van der Waals surface area (Å²) >= 11 is 0. The molecule has 0 saturated heterocycles. The van der Waals surface area contributed by atoms with Gasteiger partial charge in [0.05, 0.1) is 25.4 Å². The Morgan fingerprint density at radius 2 is 2.39 bits per heavy atom. The molecule has 1 atom stereocenters. The van der Waals surface area contributed by atoms with Crippen LogP contribution in [0, 0.1) is 6.92 Å². The summed E-state index contributed by atoms with van der Waals surface area (Å²) in [7, 11) is 0. The molecule has 5 heteroatoms. The summed E-state index contributed by atoms with van der Waals surface area (Å²) in [6, 6.07) is 5.56.